The van der Waals surface area contributed by atoms with Crippen molar-refractivity contribution in [2.24, 2.45) is 4.99 Å². The molecule has 4 rings (SSSR count). The van der Waals surface area contributed by atoms with Crippen molar-refractivity contribution in [1.82, 2.24) is 0 Å². The number of nitrogens with zero attached hydrogens (tertiary/aromatic N) is 1. The highest BCUT2D eigenvalue weighted by Gasteiger charge is 2.23. The van der Waals surface area contributed by atoms with Crippen molar-refractivity contribution in [3.8, 4) is 11.5 Å². The molecular weight excluding hydrogens is 349 g/mol. The van der Waals surface area contributed by atoms with Gasteiger partial charge in [-0.15, -0.1) is 0 Å². The Morgan fingerprint density at radius 2 is 1.75 bits per heavy atom. The average Bonchev–Trinajstić information content (AvgIpc) is 2.99. The summed E-state index contributed by atoms with van der Waals surface area (Å²) >= 11 is 12.0. The van der Waals surface area contributed by atoms with Crippen molar-refractivity contribution in [1.29, 1.82) is 0 Å². The summed E-state index contributed by atoms with van der Waals surface area (Å²) in [6.45, 7) is 0.885. The van der Waals surface area contributed by atoms with E-state index in [4.69, 9.17) is 32.7 Å². The maximum Gasteiger partial charge on any atom is 0.231 e. The molecule has 0 spiro atoms. The Hall–Kier alpha value is -2.04. The minimum atomic E-state index is -0.0660. The predicted octanol–water partition coefficient (Wildman–Crippen LogP) is 4.34. The number of hydrogen-bond donors (Lipinski definition) is 0. The van der Waals surface area contributed by atoms with Gasteiger partial charge in [-0.3, -0.25) is 9.79 Å². The van der Waals surface area contributed by atoms with E-state index in [0.717, 1.165) is 29.0 Å². The molecule has 4 nitrogen and oxygen atoms in total. The Labute approximate surface area is 149 Å². The topological polar surface area (TPSA) is 47.9 Å². The molecule has 0 aromatic heterocycles. The minimum absolute atomic E-state index is 0.0660. The van der Waals surface area contributed by atoms with Crippen LogP contribution in [0, 0.1) is 0 Å². The summed E-state index contributed by atoms with van der Waals surface area (Å²) in [6, 6.07) is 8.74. The molecule has 24 heavy (non-hydrogen) atoms. The molecule has 2 aromatic carbocycles. The number of ketones is 1. The van der Waals surface area contributed by atoms with E-state index in [1.165, 1.54) is 0 Å². The van der Waals surface area contributed by atoms with E-state index in [2.05, 4.69) is 4.99 Å². The molecule has 0 saturated heterocycles. The van der Waals surface area contributed by atoms with Crippen molar-refractivity contribution in [3.63, 3.8) is 0 Å². The Morgan fingerprint density at radius 1 is 1.04 bits per heavy atom. The summed E-state index contributed by atoms with van der Waals surface area (Å²) in [5, 5.41) is 0.889. The zero-order valence-corrected chi connectivity index (χ0v) is 14.2. The van der Waals surface area contributed by atoms with Gasteiger partial charge in [0.05, 0.1) is 12.1 Å². The second-order valence-electron chi connectivity index (χ2n) is 5.70. The second-order valence-corrected chi connectivity index (χ2v) is 6.57. The van der Waals surface area contributed by atoms with Gasteiger partial charge in [0.2, 0.25) is 6.79 Å². The van der Waals surface area contributed by atoms with E-state index < -0.39 is 0 Å². The van der Waals surface area contributed by atoms with Crippen LogP contribution in [0.2, 0.25) is 10.0 Å². The van der Waals surface area contributed by atoms with Crippen LogP contribution in [0.3, 0.4) is 0 Å². The quantitative estimate of drug-likeness (QED) is 0.764. The van der Waals surface area contributed by atoms with Gasteiger partial charge < -0.3 is 9.47 Å². The molecule has 122 valence electrons. The summed E-state index contributed by atoms with van der Waals surface area (Å²) in [5.41, 5.74) is 3.33. The molecule has 2 aliphatic heterocycles. The number of carbonyl (C=O) groups excluding carboxylic acids is 1. The van der Waals surface area contributed by atoms with Crippen LogP contribution in [0.15, 0.2) is 35.3 Å². The van der Waals surface area contributed by atoms with Crippen LogP contribution in [0.5, 0.6) is 11.5 Å². The van der Waals surface area contributed by atoms with E-state index in [9.17, 15) is 4.79 Å². The monoisotopic (exact) mass is 361 g/mol. The van der Waals surface area contributed by atoms with Crippen molar-refractivity contribution >= 4 is 34.7 Å². The first-order chi connectivity index (χ1) is 11.6. The third kappa shape index (κ3) is 2.87. The molecule has 0 atom stereocenters. The van der Waals surface area contributed by atoms with Gasteiger partial charge in [0.25, 0.3) is 0 Å². The fourth-order valence-electron chi connectivity index (χ4n) is 2.98. The third-order valence-corrected chi connectivity index (χ3v) is 4.54. The number of rotatable bonds is 3. The molecule has 0 fully saturated rings. The Morgan fingerprint density at radius 3 is 2.50 bits per heavy atom. The highest BCUT2D eigenvalue weighted by atomic mass is 35.5. The molecule has 0 aliphatic carbocycles. The molecule has 2 aliphatic rings. The van der Waals surface area contributed by atoms with E-state index in [-0.39, 0.29) is 19.0 Å². The number of carbonyl (C=O) groups is 1. The molecular formula is C18H13Cl2NO3. The van der Waals surface area contributed by atoms with Gasteiger partial charge in [0.15, 0.2) is 17.3 Å². The van der Waals surface area contributed by atoms with E-state index in [0.29, 0.717) is 27.9 Å². The number of hydrogen-bond acceptors (Lipinski definition) is 4. The van der Waals surface area contributed by atoms with Crippen LogP contribution in [-0.2, 0) is 6.42 Å². The van der Waals surface area contributed by atoms with Crippen LogP contribution in [0.4, 0.5) is 0 Å². The molecule has 2 aromatic rings. The van der Waals surface area contributed by atoms with Gasteiger partial charge in [-0.2, -0.15) is 0 Å². The van der Waals surface area contributed by atoms with E-state index in [1.807, 2.05) is 12.1 Å². The Balaban J connectivity index is 1.64. The van der Waals surface area contributed by atoms with Crippen LogP contribution in [0.1, 0.15) is 27.9 Å². The molecule has 6 heteroatoms. The van der Waals surface area contributed by atoms with Crippen molar-refractivity contribution in [2.75, 3.05) is 13.3 Å². The summed E-state index contributed by atoms with van der Waals surface area (Å²) in [7, 11) is 0. The molecule has 0 unspecified atom stereocenters. The number of ether oxygens (including phenoxy) is 2. The molecule has 0 saturated carbocycles. The zero-order chi connectivity index (χ0) is 16.7. The first-order valence-corrected chi connectivity index (χ1v) is 8.31. The highest BCUT2D eigenvalue weighted by Crippen LogP contribution is 2.36. The van der Waals surface area contributed by atoms with Crippen molar-refractivity contribution in [2.45, 2.75) is 12.8 Å². The van der Waals surface area contributed by atoms with E-state index >= 15 is 0 Å². The first-order valence-electron chi connectivity index (χ1n) is 7.55. The number of halogens is 2. The number of benzene rings is 2. The minimum Gasteiger partial charge on any atom is -0.454 e. The largest absolute Gasteiger partial charge is 0.454 e. The van der Waals surface area contributed by atoms with Crippen LogP contribution in [0.25, 0.3) is 0 Å². The zero-order valence-electron chi connectivity index (χ0n) is 12.6. The average molecular weight is 362 g/mol. The molecule has 0 radical (unpaired) electrons. The Kier molecular flexibility index (Phi) is 3.94. The Bertz CT molecular complexity index is 857. The highest BCUT2D eigenvalue weighted by molar-refractivity contribution is 6.35. The fourth-order valence-corrected chi connectivity index (χ4v) is 3.50. The maximum atomic E-state index is 12.6. The lowest BCUT2D eigenvalue weighted by atomic mass is 9.93. The molecule has 0 N–H and O–H groups in total. The molecule has 0 amide bonds. The summed E-state index contributed by atoms with van der Waals surface area (Å²) in [5.74, 6) is 1.38. The lowest BCUT2D eigenvalue weighted by molar-refractivity contribution is 0.100. The lowest BCUT2D eigenvalue weighted by Crippen LogP contribution is -2.17. The normalized spacial score (nSPS) is 15.0. The number of aliphatic imine (C=N–C) groups is 1. The first kappa shape index (κ1) is 15.5. The van der Waals surface area contributed by atoms with Gasteiger partial charge >= 0.3 is 0 Å². The standard InChI is InChI=1S/C18H13Cl2NO3/c19-12-3-11(4-13(20)6-12)16(22)8-15-14-7-18-17(23-9-24-18)5-10(14)1-2-21-15/h3-7H,1-2,8-9H2. The second kappa shape index (κ2) is 6.11. The van der Waals surface area contributed by atoms with Gasteiger partial charge in [-0.05, 0) is 42.3 Å². The SMILES string of the molecule is O=C(CC1=NCCc2cc3c(cc21)OCO3)c1cc(Cl)cc(Cl)c1. The maximum absolute atomic E-state index is 12.6. The lowest BCUT2D eigenvalue weighted by Gasteiger charge is -2.17. The third-order valence-electron chi connectivity index (χ3n) is 4.11. The number of Topliss-reactive ketones (excluding diaryl/α,β-unsaturated/α-hetero) is 1. The fraction of sp³-hybridized carbons (Fsp3) is 0.222. The van der Waals surface area contributed by atoms with Crippen LogP contribution in [-0.4, -0.2) is 24.8 Å². The van der Waals surface area contributed by atoms with Gasteiger partial charge in [-0.1, -0.05) is 23.2 Å². The van der Waals surface area contributed by atoms with Gasteiger partial charge in [0, 0.05) is 27.7 Å². The van der Waals surface area contributed by atoms with Crippen LogP contribution >= 0.6 is 23.2 Å². The predicted molar refractivity (Wildman–Crippen MR) is 93.1 cm³/mol. The van der Waals surface area contributed by atoms with Crippen molar-refractivity contribution < 1.29 is 14.3 Å². The number of fused-ring (bicyclic) bond motifs is 2. The molecule has 0 bridgehead atoms. The van der Waals surface area contributed by atoms with Crippen LogP contribution < -0.4 is 9.47 Å². The van der Waals surface area contributed by atoms with Crippen molar-refractivity contribution in [3.05, 3.63) is 57.1 Å². The summed E-state index contributed by atoms with van der Waals surface area (Å²) in [6.07, 6.45) is 1.02. The summed E-state index contributed by atoms with van der Waals surface area (Å²) < 4.78 is 10.9. The van der Waals surface area contributed by atoms with Gasteiger partial charge in [-0.25, -0.2) is 0 Å². The van der Waals surface area contributed by atoms with E-state index in [1.54, 1.807) is 18.2 Å². The van der Waals surface area contributed by atoms with Gasteiger partial charge in [0.1, 0.15) is 0 Å². The summed E-state index contributed by atoms with van der Waals surface area (Å²) in [4.78, 5) is 17.1. The smallest absolute Gasteiger partial charge is 0.231 e. The molecule has 2 heterocycles.